The number of benzene rings is 2. The summed E-state index contributed by atoms with van der Waals surface area (Å²) in [7, 11) is -3.81. The quantitative estimate of drug-likeness (QED) is 0.603. The zero-order valence-corrected chi connectivity index (χ0v) is 17.6. The standard InChI is InChI=1S/C20H13ClN4O3S2/c21-18-6-1-12(7-17(18)20-13(10-22)9-15(11-23)29-20)8-19(26)25-14-2-4-16(5-3-14)30(24,27)28/h1-7,9H,8H2,(H,25,26)(H2,24,27,28). The summed E-state index contributed by atoms with van der Waals surface area (Å²) in [4.78, 5) is 13.3. The molecule has 1 aromatic heterocycles. The Morgan fingerprint density at radius 2 is 1.80 bits per heavy atom. The predicted octanol–water partition coefficient (Wildman–Crippen LogP) is 3.64. The van der Waals surface area contributed by atoms with E-state index < -0.39 is 10.0 Å². The fourth-order valence-electron chi connectivity index (χ4n) is 2.70. The lowest BCUT2D eigenvalue weighted by molar-refractivity contribution is -0.115. The molecule has 30 heavy (non-hydrogen) atoms. The van der Waals surface area contributed by atoms with Crippen LogP contribution in [0.1, 0.15) is 16.0 Å². The van der Waals surface area contributed by atoms with Gasteiger partial charge >= 0.3 is 0 Å². The molecular formula is C20H13ClN4O3S2. The van der Waals surface area contributed by atoms with Gasteiger partial charge in [0.25, 0.3) is 0 Å². The molecule has 1 heterocycles. The normalized spacial score (nSPS) is 10.8. The number of thiophene rings is 1. The van der Waals surface area contributed by atoms with Crippen molar-refractivity contribution in [3.8, 4) is 22.6 Å². The van der Waals surface area contributed by atoms with Crippen molar-refractivity contribution >= 4 is 44.6 Å². The largest absolute Gasteiger partial charge is 0.326 e. The van der Waals surface area contributed by atoms with Gasteiger partial charge in [0.05, 0.1) is 21.8 Å². The fraction of sp³-hybridized carbons (Fsp3) is 0.0500. The number of halogens is 1. The van der Waals surface area contributed by atoms with Crippen LogP contribution < -0.4 is 10.5 Å². The lowest BCUT2D eigenvalue weighted by atomic mass is 10.0. The molecule has 7 nitrogen and oxygen atoms in total. The van der Waals surface area contributed by atoms with Gasteiger partial charge < -0.3 is 5.32 Å². The molecule has 0 atom stereocenters. The summed E-state index contributed by atoms with van der Waals surface area (Å²) in [5.74, 6) is -0.323. The highest BCUT2D eigenvalue weighted by molar-refractivity contribution is 7.89. The molecule has 0 aliphatic rings. The van der Waals surface area contributed by atoms with E-state index in [0.29, 0.717) is 37.2 Å². The second kappa shape index (κ2) is 8.66. The van der Waals surface area contributed by atoms with E-state index >= 15 is 0 Å². The van der Waals surface area contributed by atoms with Crippen LogP contribution in [0.15, 0.2) is 53.4 Å². The second-order valence-electron chi connectivity index (χ2n) is 6.19. The molecule has 3 rings (SSSR count). The molecular weight excluding hydrogens is 444 g/mol. The first kappa shape index (κ1) is 21.5. The van der Waals surface area contributed by atoms with Gasteiger partial charge in [0.15, 0.2) is 0 Å². The number of amides is 1. The van der Waals surface area contributed by atoms with Crippen LogP contribution in [0.2, 0.25) is 5.02 Å². The number of nitrogens with zero attached hydrogens (tertiary/aromatic N) is 2. The summed E-state index contributed by atoms with van der Waals surface area (Å²) in [6.07, 6.45) is 0.0273. The van der Waals surface area contributed by atoms with Crippen LogP contribution in [0.4, 0.5) is 5.69 Å². The molecule has 150 valence electrons. The van der Waals surface area contributed by atoms with Crippen molar-refractivity contribution in [3.05, 3.63) is 69.6 Å². The Labute approximate surface area is 182 Å². The third-order valence-electron chi connectivity index (χ3n) is 4.07. The molecule has 1 amide bonds. The summed E-state index contributed by atoms with van der Waals surface area (Å²) in [5, 5.41) is 26.5. The maximum atomic E-state index is 12.4. The van der Waals surface area contributed by atoms with Gasteiger partial charge in [-0.1, -0.05) is 17.7 Å². The highest BCUT2D eigenvalue weighted by Gasteiger charge is 2.15. The maximum Gasteiger partial charge on any atom is 0.238 e. The van der Waals surface area contributed by atoms with Crippen molar-refractivity contribution in [1.29, 1.82) is 10.5 Å². The van der Waals surface area contributed by atoms with Crippen molar-refractivity contribution < 1.29 is 13.2 Å². The predicted molar refractivity (Wildman–Crippen MR) is 114 cm³/mol. The monoisotopic (exact) mass is 456 g/mol. The zero-order chi connectivity index (χ0) is 21.9. The van der Waals surface area contributed by atoms with E-state index in [-0.39, 0.29) is 17.2 Å². The average molecular weight is 457 g/mol. The summed E-state index contributed by atoms with van der Waals surface area (Å²) in [6, 6.07) is 16.1. The number of anilines is 1. The number of carbonyl (C=O) groups excluding carboxylic acids is 1. The summed E-state index contributed by atoms with van der Waals surface area (Å²) >= 11 is 7.44. The van der Waals surface area contributed by atoms with Crippen molar-refractivity contribution in [2.24, 2.45) is 5.14 Å². The summed E-state index contributed by atoms with van der Waals surface area (Å²) in [5.41, 5.74) is 1.99. The maximum absolute atomic E-state index is 12.4. The molecule has 0 fully saturated rings. The zero-order valence-electron chi connectivity index (χ0n) is 15.2. The third kappa shape index (κ3) is 4.85. The van der Waals surface area contributed by atoms with E-state index in [1.165, 1.54) is 30.3 Å². The topological polar surface area (TPSA) is 137 Å². The number of rotatable bonds is 5. The summed E-state index contributed by atoms with van der Waals surface area (Å²) in [6.45, 7) is 0. The molecule has 3 aromatic rings. The van der Waals surface area contributed by atoms with Gasteiger partial charge in [0.2, 0.25) is 15.9 Å². The third-order valence-corrected chi connectivity index (χ3v) is 6.40. The van der Waals surface area contributed by atoms with Gasteiger partial charge in [0.1, 0.15) is 17.0 Å². The minimum atomic E-state index is -3.81. The molecule has 0 saturated heterocycles. The van der Waals surface area contributed by atoms with Crippen molar-refractivity contribution in [2.75, 3.05) is 5.32 Å². The van der Waals surface area contributed by atoms with Gasteiger partial charge in [-0.25, -0.2) is 13.6 Å². The number of nitrogens with two attached hydrogens (primary N) is 1. The highest BCUT2D eigenvalue weighted by atomic mass is 35.5. The van der Waals surface area contributed by atoms with Crippen LogP contribution in [0, 0.1) is 22.7 Å². The first-order valence-corrected chi connectivity index (χ1v) is 11.1. The molecule has 0 spiro atoms. The Kier molecular flexibility index (Phi) is 6.20. The number of sulfonamides is 1. The lowest BCUT2D eigenvalue weighted by Crippen LogP contribution is -2.15. The van der Waals surface area contributed by atoms with Gasteiger partial charge in [-0.2, -0.15) is 10.5 Å². The Hall–Kier alpha value is -3.21. The van der Waals surface area contributed by atoms with Crippen molar-refractivity contribution in [3.63, 3.8) is 0 Å². The van der Waals surface area contributed by atoms with Gasteiger partial charge in [-0.3, -0.25) is 4.79 Å². The van der Waals surface area contributed by atoms with E-state index in [9.17, 15) is 18.5 Å². The lowest BCUT2D eigenvalue weighted by Gasteiger charge is -2.09. The number of hydrogen-bond donors (Lipinski definition) is 2. The smallest absolute Gasteiger partial charge is 0.238 e. The van der Waals surface area contributed by atoms with E-state index in [1.807, 2.05) is 6.07 Å². The Morgan fingerprint density at radius 1 is 1.10 bits per heavy atom. The summed E-state index contributed by atoms with van der Waals surface area (Å²) < 4.78 is 22.6. The van der Waals surface area contributed by atoms with Crippen LogP contribution >= 0.6 is 22.9 Å². The molecule has 0 aliphatic heterocycles. The van der Waals surface area contributed by atoms with Gasteiger partial charge in [-0.15, -0.1) is 11.3 Å². The van der Waals surface area contributed by atoms with Crippen LogP contribution in [0.25, 0.3) is 10.4 Å². The van der Waals surface area contributed by atoms with Crippen molar-refractivity contribution in [2.45, 2.75) is 11.3 Å². The molecule has 2 aromatic carbocycles. The first-order valence-electron chi connectivity index (χ1n) is 8.37. The number of nitrogens with one attached hydrogen (secondary N) is 1. The molecule has 0 radical (unpaired) electrons. The number of hydrogen-bond acceptors (Lipinski definition) is 6. The van der Waals surface area contributed by atoms with Crippen LogP contribution in [0.5, 0.6) is 0 Å². The number of nitriles is 2. The van der Waals surface area contributed by atoms with Crippen LogP contribution in [-0.2, 0) is 21.2 Å². The minimum Gasteiger partial charge on any atom is -0.326 e. The van der Waals surface area contributed by atoms with Crippen molar-refractivity contribution in [1.82, 2.24) is 0 Å². The molecule has 10 heteroatoms. The Morgan fingerprint density at radius 3 is 2.40 bits per heavy atom. The van der Waals surface area contributed by atoms with Crippen LogP contribution in [-0.4, -0.2) is 14.3 Å². The van der Waals surface area contributed by atoms with E-state index in [1.54, 1.807) is 18.2 Å². The van der Waals surface area contributed by atoms with E-state index in [4.69, 9.17) is 22.0 Å². The Bertz CT molecular complexity index is 1320. The second-order valence-corrected chi connectivity index (χ2v) is 9.21. The van der Waals surface area contributed by atoms with E-state index in [2.05, 4.69) is 11.4 Å². The molecule has 0 saturated carbocycles. The highest BCUT2D eigenvalue weighted by Crippen LogP contribution is 2.37. The SMILES string of the molecule is N#Cc1cc(C#N)c(-c2cc(CC(=O)Nc3ccc(S(N)(=O)=O)cc3)ccc2Cl)s1. The molecule has 0 bridgehead atoms. The number of carbonyl (C=O) groups is 1. The van der Waals surface area contributed by atoms with Gasteiger partial charge in [-0.05, 0) is 48.0 Å². The molecule has 3 N–H and O–H groups in total. The minimum absolute atomic E-state index is 0.0273. The first-order chi connectivity index (χ1) is 14.2. The van der Waals surface area contributed by atoms with E-state index in [0.717, 1.165) is 11.3 Å². The van der Waals surface area contributed by atoms with Crippen LogP contribution in [0.3, 0.4) is 0 Å². The average Bonchev–Trinajstić information content (AvgIpc) is 3.12. The molecule has 0 unspecified atom stereocenters. The Balaban J connectivity index is 1.80. The fourth-order valence-corrected chi connectivity index (χ4v) is 4.42. The van der Waals surface area contributed by atoms with Gasteiger partial charge in [0, 0.05) is 16.3 Å². The number of primary sulfonamides is 1. The molecule has 0 aliphatic carbocycles.